The summed E-state index contributed by atoms with van der Waals surface area (Å²) in [5.41, 5.74) is 1.52. The predicted molar refractivity (Wildman–Crippen MR) is 116 cm³/mol. The number of rotatable bonds is 7. The molecule has 0 radical (unpaired) electrons. The molecular formula is C22H25ClN2O4. The highest BCUT2D eigenvalue weighted by Crippen LogP contribution is 2.36. The number of fused-ring (bicyclic) bond motifs is 1. The number of ether oxygens (including phenoxy) is 1. The van der Waals surface area contributed by atoms with Gasteiger partial charge < -0.3 is 25.3 Å². The van der Waals surface area contributed by atoms with Crippen LogP contribution in [0, 0.1) is 0 Å². The lowest BCUT2D eigenvalue weighted by atomic mass is 9.78. The molecule has 6 nitrogen and oxygen atoms in total. The fourth-order valence-electron chi connectivity index (χ4n) is 3.54. The van der Waals surface area contributed by atoms with Gasteiger partial charge in [-0.2, -0.15) is 0 Å². The molecule has 154 valence electrons. The highest BCUT2D eigenvalue weighted by atomic mass is 35.5. The number of hydrogen-bond donors (Lipinski definition) is 4. The van der Waals surface area contributed by atoms with Crippen LogP contribution in [0.5, 0.6) is 5.75 Å². The van der Waals surface area contributed by atoms with Gasteiger partial charge in [0.2, 0.25) is 5.56 Å². The van der Waals surface area contributed by atoms with Crippen molar-refractivity contribution < 1.29 is 14.9 Å². The number of nitrogens with one attached hydrogen (secondary N) is 2. The third-order valence-electron chi connectivity index (χ3n) is 4.99. The maximum Gasteiger partial charge on any atom is 0.248 e. The van der Waals surface area contributed by atoms with Gasteiger partial charge in [-0.15, -0.1) is 0 Å². The van der Waals surface area contributed by atoms with Crippen LogP contribution in [-0.2, 0) is 5.41 Å². The highest BCUT2D eigenvalue weighted by Gasteiger charge is 2.34. The number of aliphatic hydroxyl groups is 2. The number of methoxy groups -OCH3 is 1. The largest absolute Gasteiger partial charge is 0.495 e. The maximum atomic E-state index is 11.5. The zero-order valence-electron chi connectivity index (χ0n) is 16.6. The van der Waals surface area contributed by atoms with E-state index in [-0.39, 0.29) is 18.5 Å². The van der Waals surface area contributed by atoms with Gasteiger partial charge in [0.05, 0.1) is 24.2 Å². The first-order valence-corrected chi connectivity index (χ1v) is 9.64. The van der Waals surface area contributed by atoms with Crippen molar-refractivity contribution in [3.05, 3.63) is 69.5 Å². The molecule has 0 aliphatic rings. The first-order valence-electron chi connectivity index (χ1n) is 9.26. The molecule has 0 amide bonds. The SMILES string of the molecule is COc1ccc(C(C)(C)CC(O)(O)CNc2cccc3[nH]c(=O)ccc23)cc1Cl. The summed E-state index contributed by atoms with van der Waals surface area (Å²) in [5, 5.41) is 25.6. The van der Waals surface area contributed by atoms with Gasteiger partial charge in [0.1, 0.15) is 5.75 Å². The standard InChI is InChI=1S/C22H25ClN2O4/c1-21(2,14-7-9-19(29-3)16(23)11-14)12-22(27,28)13-24-17-5-4-6-18-15(17)8-10-20(26)25-18/h4-11,24,27-28H,12-13H2,1-3H3,(H,25,26). The molecule has 4 N–H and O–H groups in total. The lowest BCUT2D eigenvalue weighted by Gasteiger charge is -2.33. The first-order chi connectivity index (χ1) is 13.6. The molecule has 0 aliphatic carbocycles. The minimum Gasteiger partial charge on any atom is -0.495 e. The molecule has 3 rings (SSSR count). The summed E-state index contributed by atoms with van der Waals surface area (Å²) in [6, 6.07) is 14.0. The van der Waals surface area contributed by atoms with E-state index in [1.807, 2.05) is 26.0 Å². The second-order valence-electron chi connectivity index (χ2n) is 7.84. The van der Waals surface area contributed by atoms with Crippen LogP contribution < -0.4 is 15.6 Å². The van der Waals surface area contributed by atoms with Crippen molar-refractivity contribution in [1.29, 1.82) is 0 Å². The second-order valence-corrected chi connectivity index (χ2v) is 8.24. The Morgan fingerprint density at radius 1 is 1.14 bits per heavy atom. The van der Waals surface area contributed by atoms with E-state index in [9.17, 15) is 15.0 Å². The van der Waals surface area contributed by atoms with Crippen LogP contribution in [0.4, 0.5) is 5.69 Å². The number of H-pyrrole nitrogens is 1. The Morgan fingerprint density at radius 2 is 1.90 bits per heavy atom. The Labute approximate surface area is 174 Å². The molecule has 1 aromatic heterocycles. The van der Waals surface area contributed by atoms with Gasteiger partial charge in [-0.05, 0) is 41.3 Å². The molecule has 3 aromatic rings. The number of pyridine rings is 1. The van der Waals surface area contributed by atoms with Crippen LogP contribution in [0.25, 0.3) is 10.9 Å². The van der Waals surface area contributed by atoms with Crippen LogP contribution in [-0.4, -0.2) is 34.6 Å². The second kappa shape index (κ2) is 8.06. The lowest BCUT2D eigenvalue weighted by Crippen LogP contribution is -2.42. The third-order valence-corrected chi connectivity index (χ3v) is 5.28. The van der Waals surface area contributed by atoms with Gasteiger partial charge in [0.15, 0.2) is 5.79 Å². The average Bonchev–Trinajstić information content (AvgIpc) is 2.65. The van der Waals surface area contributed by atoms with Crippen LogP contribution in [0.1, 0.15) is 25.8 Å². The molecule has 0 fully saturated rings. The van der Waals surface area contributed by atoms with Gasteiger partial charge in [-0.25, -0.2) is 0 Å². The summed E-state index contributed by atoms with van der Waals surface area (Å²) >= 11 is 6.23. The Hall–Kier alpha value is -2.54. The van der Waals surface area contributed by atoms with Crippen LogP contribution in [0.2, 0.25) is 5.02 Å². The fourth-order valence-corrected chi connectivity index (χ4v) is 3.80. The highest BCUT2D eigenvalue weighted by molar-refractivity contribution is 6.32. The van der Waals surface area contributed by atoms with E-state index in [0.717, 1.165) is 10.9 Å². The number of aromatic amines is 1. The quantitative estimate of drug-likeness (QED) is 0.441. The van der Waals surface area contributed by atoms with Crippen molar-refractivity contribution in [3.8, 4) is 5.75 Å². The Morgan fingerprint density at radius 3 is 2.59 bits per heavy atom. The Bertz CT molecular complexity index is 1080. The average molecular weight is 417 g/mol. The van der Waals surface area contributed by atoms with Crippen molar-refractivity contribution in [3.63, 3.8) is 0 Å². The summed E-state index contributed by atoms with van der Waals surface area (Å²) in [5.74, 6) is -1.40. The molecule has 0 bridgehead atoms. The minimum atomic E-state index is -1.97. The van der Waals surface area contributed by atoms with Gasteiger partial charge in [0, 0.05) is 23.6 Å². The number of halogens is 1. The summed E-state index contributed by atoms with van der Waals surface area (Å²) in [6.45, 7) is 3.77. The maximum absolute atomic E-state index is 11.5. The normalized spacial score (nSPS) is 12.2. The molecule has 2 aromatic carbocycles. The smallest absolute Gasteiger partial charge is 0.248 e. The molecule has 7 heteroatoms. The molecule has 1 heterocycles. The first kappa shape index (κ1) is 21.2. The van der Waals surface area contributed by atoms with Crippen molar-refractivity contribution in [2.24, 2.45) is 0 Å². The van der Waals surface area contributed by atoms with Crippen molar-refractivity contribution in [1.82, 2.24) is 4.98 Å². The summed E-state index contributed by atoms with van der Waals surface area (Å²) < 4.78 is 5.18. The summed E-state index contributed by atoms with van der Waals surface area (Å²) in [7, 11) is 1.55. The molecule has 29 heavy (non-hydrogen) atoms. The van der Waals surface area contributed by atoms with Crippen LogP contribution >= 0.6 is 11.6 Å². The lowest BCUT2D eigenvalue weighted by molar-refractivity contribution is -0.163. The zero-order chi connectivity index (χ0) is 21.2. The number of benzene rings is 2. The number of hydrogen-bond acceptors (Lipinski definition) is 5. The topological polar surface area (TPSA) is 94.6 Å². The van der Waals surface area contributed by atoms with Crippen molar-refractivity contribution >= 4 is 28.2 Å². The van der Waals surface area contributed by atoms with E-state index >= 15 is 0 Å². The monoisotopic (exact) mass is 416 g/mol. The van der Waals surface area contributed by atoms with Crippen LogP contribution in [0.3, 0.4) is 0 Å². The number of aromatic nitrogens is 1. The Balaban J connectivity index is 1.76. The van der Waals surface area contributed by atoms with E-state index < -0.39 is 11.2 Å². The van der Waals surface area contributed by atoms with E-state index in [2.05, 4.69) is 10.3 Å². The van der Waals surface area contributed by atoms with E-state index in [1.165, 1.54) is 6.07 Å². The van der Waals surface area contributed by atoms with Crippen molar-refractivity contribution in [2.45, 2.75) is 31.5 Å². The minimum absolute atomic E-state index is 0.0806. The molecule has 0 unspecified atom stereocenters. The molecule has 0 atom stereocenters. The van der Waals surface area contributed by atoms with Crippen LogP contribution in [0.15, 0.2) is 53.3 Å². The van der Waals surface area contributed by atoms with Gasteiger partial charge in [-0.1, -0.05) is 37.6 Å². The summed E-state index contributed by atoms with van der Waals surface area (Å²) in [4.78, 5) is 14.3. The van der Waals surface area contributed by atoms with E-state index in [1.54, 1.807) is 37.4 Å². The molecule has 0 saturated heterocycles. The molecule has 0 saturated carbocycles. The number of anilines is 1. The predicted octanol–water partition coefficient (Wildman–Crippen LogP) is 3.65. The van der Waals surface area contributed by atoms with E-state index in [4.69, 9.17) is 16.3 Å². The molecule has 0 aliphatic heterocycles. The Kier molecular flexibility index (Phi) is 5.89. The van der Waals surface area contributed by atoms with E-state index in [0.29, 0.717) is 22.0 Å². The third kappa shape index (κ3) is 4.90. The summed E-state index contributed by atoms with van der Waals surface area (Å²) in [6.07, 6.45) is 0.0806. The zero-order valence-corrected chi connectivity index (χ0v) is 17.4. The molecule has 0 spiro atoms. The molecular weight excluding hydrogens is 392 g/mol. The van der Waals surface area contributed by atoms with Gasteiger partial charge in [0.25, 0.3) is 0 Å². The van der Waals surface area contributed by atoms with Crippen molar-refractivity contribution in [2.75, 3.05) is 19.0 Å². The van der Waals surface area contributed by atoms with Gasteiger partial charge in [-0.3, -0.25) is 4.79 Å². The van der Waals surface area contributed by atoms with Gasteiger partial charge >= 0.3 is 0 Å². The fraction of sp³-hybridized carbons (Fsp3) is 0.318.